The van der Waals surface area contributed by atoms with E-state index >= 15 is 0 Å². The van der Waals surface area contributed by atoms with Gasteiger partial charge in [-0.25, -0.2) is 0 Å². The number of aromatic nitrogens is 2. The van der Waals surface area contributed by atoms with Gasteiger partial charge in [-0.2, -0.15) is 5.10 Å². The minimum Gasteiger partial charge on any atom is -0.330 e. The van der Waals surface area contributed by atoms with Gasteiger partial charge in [0.15, 0.2) is 0 Å². The smallest absolute Gasteiger partial charge is 0.0766 e. The zero-order valence-electron chi connectivity index (χ0n) is 13.1. The fourth-order valence-corrected chi connectivity index (χ4v) is 3.35. The lowest BCUT2D eigenvalue weighted by molar-refractivity contribution is 0.580. The van der Waals surface area contributed by atoms with Crippen LogP contribution in [0.2, 0.25) is 0 Å². The zero-order valence-corrected chi connectivity index (χ0v) is 14.7. The second kappa shape index (κ2) is 7.23. The Labute approximate surface area is 135 Å². The summed E-state index contributed by atoms with van der Waals surface area (Å²) in [6, 6.07) is 8.69. The van der Waals surface area contributed by atoms with Crippen LogP contribution >= 0.6 is 15.9 Å². The summed E-state index contributed by atoms with van der Waals surface area (Å²) in [5.41, 5.74) is 11.0. The number of rotatable bonds is 6. The summed E-state index contributed by atoms with van der Waals surface area (Å²) in [4.78, 5) is 0. The van der Waals surface area contributed by atoms with Crippen molar-refractivity contribution in [2.75, 3.05) is 6.54 Å². The lowest BCUT2D eigenvalue weighted by atomic mass is 9.93. The lowest BCUT2D eigenvalue weighted by Gasteiger charge is -2.16. The first-order chi connectivity index (χ1) is 10.1. The second-order valence-corrected chi connectivity index (χ2v) is 6.22. The van der Waals surface area contributed by atoms with E-state index in [-0.39, 0.29) is 0 Å². The van der Waals surface area contributed by atoms with Crippen molar-refractivity contribution >= 4 is 15.9 Å². The van der Waals surface area contributed by atoms with Gasteiger partial charge in [-0.05, 0) is 54.7 Å². The predicted molar refractivity (Wildman–Crippen MR) is 91.7 cm³/mol. The molecule has 2 aromatic rings. The Kier molecular flexibility index (Phi) is 5.59. The summed E-state index contributed by atoms with van der Waals surface area (Å²) >= 11 is 3.72. The van der Waals surface area contributed by atoms with E-state index in [9.17, 15) is 0 Å². The predicted octanol–water partition coefficient (Wildman–Crippen LogP) is 3.82. The van der Waals surface area contributed by atoms with Gasteiger partial charge in [-0.15, -0.1) is 0 Å². The average Bonchev–Trinajstić information content (AvgIpc) is 2.81. The molecular weight excluding hydrogens is 326 g/mol. The summed E-state index contributed by atoms with van der Waals surface area (Å²) in [5, 5.41) is 4.67. The van der Waals surface area contributed by atoms with Crippen molar-refractivity contribution in [3.05, 3.63) is 51.3 Å². The molecule has 0 radical (unpaired) electrons. The molecule has 114 valence electrons. The van der Waals surface area contributed by atoms with Crippen LogP contribution in [-0.4, -0.2) is 16.3 Å². The van der Waals surface area contributed by atoms with Crippen LogP contribution in [-0.2, 0) is 19.4 Å². The van der Waals surface area contributed by atoms with Gasteiger partial charge >= 0.3 is 0 Å². The maximum atomic E-state index is 6.03. The molecule has 0 fully saturated rings. The van der Waals surface area contributed by atoms with Crippen molar-refractivity contribution in [1.29, 1.82) is 0 Å². The zero-order chi connectivity index (χ0) is 15.4. The van der Waals surface area contributed by atoms with Crippen molar-refractivity contribution in [3.8, 4) is 0 Å². The monoisotopic (exact) mass is 349 g/mol. The lowest BCUT2D eigenvalue weighted by Crippen LogP contribution is -2.17. The Morgan fingerprint density at radius 1 is 1.24 bits per heavy atom. The van der Waals surface area contributed by atoms with E-state index in [1.165, 1.54) is 16.8 Å². The maximum absolute atomic E-state index is 6.03. The first-order valence-electron chi connectivity index (χ1n) is 7.61. The topological polar surface area (TPSA) is 43.8 Å². The van der Waals surface area contributed by atoms with Crippen LogP contribution in [0.3, 0.4) is 0 Å². The molecule has 1 aromatic carbocycles. The molecule has 1 aromatic heterocycles. The third-order valence-electron chi connectivity index (χ3n) is 3.97. The highest BCUT2D eigenvalue weighted by Crippen LogP contribution is 2.28. The molecule has 0 amide bonds. The molecule has 21 heavy (non-hydrogen) atoms. The number of hydrogen-bond donors (Lipinski definition) is 1. The minimum atomic E-state index is 0.327. The van der Waals surface area contributed by atoms with Gasteiger partial charge < -0.3 is 5.73 Å². The van der Waals surface area contributed by atoms with E-state index in [0.717, 1.165) is 29.6 Å². The summed E-state index contributed by atoms with van der Waals surface area (Å²) < 4.78 is 3.25. The third-order valence-corrected chi connectivity index (χ3v) is 4.88. The van der Waals surface area contributed by atoms with Gasteiger partial charge in [0.2, 0.25) is 0 Å². The molecule has 0 aliphatic heterocycles. The number of aryl methyl sites for hydroxylation is 3. The standard InChI is InChI=1S/C17H24BrN3/c1-4-15-17(18)16(21(5-2)20-15)10-14(11-19)13-8-6-12(3)7-9-13/h6-9,14H,4-5,10-11,19H2,1-3H3. The SMILES string of the molecule is CCc1nn(CC)c(CC(CN)c2ccc(C)cc2)c1Br. The summed E-state index contributed by atoms with van der Waals surface area (Å²) in [6.07, 6.45) is 1.86. The Bertz CT molecular complexity index is 587. The van der Waals surface area contributed by atoms with Crippen molar-refractivity contribution in [1.82, 2.24) is 9.78 Å². The highest BCUT2D eigenvalue weighted by molar-refractivity contribution is 9.10. The molecule has 0 aliphatic rings. The van der Waals surface area contributed by atoms with Crippen molar-refractivity contribution in [3.63, 3.8) is 0 Å². The molecule has 1 atom stereocenters. The fourth-order valence-electron chi connectivity index (χ4n) is 2.62. The number of hydrogen-bond acceptors (Lipinski definition) is 2. The molecule has 0 bridgehead atoms. The van der Waals surface area contributed by atoms with Crippen LogP contribution in [0, 0.1) is 6.92 Å². The average molecular weight is 350 g/mol. The molecule has 0 spiro atoms. The van der Waals surface area contributed by atoms with Gasteiger partial charge in [0, 0.05) is 12.5 Å². The van der Waals surface area contributed by atoms with E-state index in [1.54, 1.807) is 0 Å². The quantitative estimate of drug-likeness (QED) is 0.861. The van der Waals surface area contributed by atoms with E-state index < -0.39 is 0 Å². The first kappa shape index (κ1) is 16.2. The number of nitrogens with two attached hydrogens (primary N) is 1. The van der Waals surface area contributed by atoms with Crippen molar-refractivity contribution in [2.45, 2.75) is 46.1 Å². The van der Waals surface area contributed by atoms with Crippen molar-refractivity contribution in [2.24, 2.45) is 5.73 Å². The van der Waals surface area contributed by atoms with Crippen LogP contribution in [0.5, 0.6) is 0 Å². The summed E-state index contributed by atoms with van der Waals surface area (Å²) in [5.74, 6) is 0.327. The minimum absolute atomic E-state index is 0.327. The van der Waals surface area contributed by atoms with E-state index in [0.29, 0.717) is 12.5 Å². The van der Waals surface area contributed by atoms with Gasteiger partial charge in [0.25, 0.3) is 0 Å². The van der Waals surface area contributed by atoms with Crippen LogP contribution in [0.1, 0.15) is 42.3 Å². The molecule has 4 heteroatoms. The fraction of sp³-hybridized carbons (Fsp3) is 0.471. The van der Waals surface area contributed by atoms with Crippen LogP contribution in [0.25, 0.3) is 0 Å². The number of halogens is 1. The Hall–Kier alpha value is -1.13. The van der Waals surface area contributed by atoms with Gasteiger partial charge in [-0.3, -0.25) is 4.68 Å². The Balaban J connectivity index is 2.30. The molecule has 3 nitrogen and oxygen atoms in total. The van der Waals surface area contributed by atoms with Crippen LogP contribution in [0.15, 0.2) is 28.7 Å². The van der Waals surface area contributed by atoms with Crippen molar-refractivity contribution < 1.29 is 0 Å². The normalized spacial score (nSPS) is 12.6. The summed E-state index contributed by atoms with van der Waals surface area (Å²) in [6.45, 7) is 7.91. The summed E-state index contributed by atoms with van der Waals surface area (Å²) in [7, 11) is 0. The first-order valence-corrected chi connectivity index (χ1v) is 8.40. The molecule has 2 rings (SSSR count). The molecule has 2 N–H and O–H groups in total. The van der Waals surface area contributed by atoms with Gasteiger partial charge in [0.05, 0.1) is 15.9 Å². The highest BCUT2D eigenvalue weighted by Gasteiger charge is 2.19. The third kappa shape index (κ3) is 3.55. The van der Waals surface area contributed by atoms with E-state index in [2.05, 4.69) is 70.7 Å². The molecule has 1 heterocycles. The molecule has 0 aliphatic carbocycles. The largest absolute Gasteiger partial charge is 0.330 e. The number of benzene rings is 1. The van der Waals surface area contributed by atoms with Gasteiger partial charge in [-0.1, -0.05) is 36.8 Å². The number of nitrogens with zero attached hydrogens (tertiary/aromatic N) is 2. The maximum Gasteiger partial charge on any atom is 0.0766 e. The Morgan fingerprint density at radius 2 is 1.90 bits per heavy atom. The van der Waals surface area contributed by atoms with E-state index in [1.807, 2.05) is 0 Å². The van der Waals surface area contributed by atoms with E-state index in [4.69, 9.17) is 5.73 Å². The molecule has 0 saturated heterocycles. The van der Waals surface area contributed by atoms with Gasteiger partial charge in [0.1, 0.15) is 0 Å². The van der Waals surface area contributed by atoms with Crippen LogP contribution in [0.4, 0.5) is 0 Å². The highest BCUT2D eigenvalue weighted by atomic mass is 79.9. The van der Waals surface area contributed by atoms with Crippen LogP contribution < -0.4 is 5.73 Å². The second-order valence-electron chi connectivity index (χ2n) is 5.42. The Morgan fingerprint density at radius 3 is 2.43 bits per heavy atom. The molecular formula is C17H24BrN3. The molecule has 0 saturated carbocycles. The molecule has 1 unspecified atom stereocenters.